The van der Waals surface area contributed by atoms with E-state index in [2.05, 4.69) is 11.6 Å². The van der Waals surface area contributed by atoms with Crippen molar-refractivity contribution in [3.05, 3.63) is 83.4 Å². The van der Waals surface area contributed by atoms with Crippen LogP contribution < -0.4 is 4.72 Å². The maximum atomic E-state index is 14.3. The van der Waals surface area contributed by atoms with Crippen LogP contribution in [0.25, 0.3) is 22.2 Å². The van der Waals surface area contributed by atoms with E-state index in [9.17, 15) is 16.8 Å². The average Bonchev–Trinajstić information content (AvgIpc) is 3.25. The van der Waals surface area contributed by atoms with Gasteiger partial charge in [-0.3, -0.25) is 4.72 Å². The summed E-state index contributed by atoms with van der Waals surface area (Å²) in [6, 6.07) is 19.1. The molecule has 0 unspecified atom stereocenters. The molecule has 0 bridgehead atoms. The van der Waals surface area contributed by atoms with Gasteiger partial charge in [0.15, 0.2) is 5.65 Å². The van der Waals surface area contributed by atoms with Crippen molar-refractivity contribution in [2.45, 2.75) is 54.3 Å². The molecule has 2 aromatic heterocycles. The number of aryl methyl sites for hydroxylation is 2. The number of aromatic nitrogens is 3. The van der Waals surface area contributed by atoms with Crippen molar-refractivity contribution >= 4 is 59.5 Å². The lowest BCUT2D eigenvalue weighted by Gasteiger charge is -2.15. The molecule has 0 saturated carbocycles. The monoisotopic (exact) mass is 626 g/mol. The minimum absolute atomic E-state index is 0.0111. The van der Waals surface area contributed by atoms with E-state index in [1.54, 1.807) is 34.9 Å². The summed E-state index contributed by atoms with van der Waals surface area (Å²) in [5.41, 5.74) is 2.25. The van der Waals surface area contributed by atoms with E-state index in [1.807, 2.05) is 13.0 Å². The lowest BCUT2D eigenvalue weighted by Crippen LogP contribution is -2.19. The predicted octanol–water partition coefficient (Wildman–Crippen LogP) is 6.39. The quantitative estimate of drug-likeness (QED) is 0.159. The number of nitrogens with one attached hydrogen (secondary N) is 1. The van der Waals surface area contributed by atoms with Gasteiger partial charge < -0.3 is 9.30 Å². The molecule has 0 spiro atoms. The Kier molecular flexibility index (Phi) is 8.84. The number of fused-ring (bicyclic) bond motifs is 2. The van der Waals surface area contributed by atoms with Crippen molar-refractivity contribution in [1.29, 1.82) is 0 Å². The molecule has 1 N–H and O–H groups in total. The second kappa shape index (κ2) is 12.4. The third-order valence-corrected chi connectivity index (χ3v) is 10.2. The number of para-hydroxylation sites is 2. The summed E-state index contributed by atoms with van der Waals surface area (Å²) < 4.78 is 65.8. The Hall–Kier alpha value is -3.51. The van der Waals surface area contributed by atoms with Crippen LogP contribution in [0, 0.1) is 6.92 Å². The van der Waals surface area contributed by atoms with Crippen molar-refractivity contribution in [3.8, 4) is 0 Å². The third kappa shape index (κ3) is 6.14. The number of rotatable bonds is 12. The number of ether oxygens (including phenoxy) is 1. The summed E-state index contributed by atoms with van der Waals surface area (Å²) in [4.78, 5) is 9.15. The molecule has 0 amide bonds. The van der Waals surface area contributed by atoms with Gasteiger partial charge in [0.1, 0.15) is 16.2 Å². The van der Waals surface area contributed by atoms with E-state index in [1.165, 1.54) is 36.4 Å². The van der Waals surface area contributed by atoms with Crippen LogP contribution >= 0.6 is 11.6 Å². The number of hydrogen-bond acceptors (Lipinski definition) is 7. The predicted molar refractivity (Wildman–Crippen MR) is 164 cm³/mol. The van der Waals surface area contributed by atoms with E-state index in [0.717, 1.165) is 18.4 Å². The van der Waals surface area contributed by atoms with E-state index in [4.69, 9.17) is 26.3 Å². The molecule has 0 aliphatic rings. The van der Waals surface area contributed by atoms with Crippen molar-refractivity contribution in [3.63, 3.8) is 0 Å². The van der Waals surface area contributed by atoms with Gasteiger partial charge in [-0.2, -0.15) is 0 Å². The molecule has 0 atom stereocenters. The molecule has 5 rings (SSSR count). The minimum atomic E-state index is -4.27. The van der Waals surface area contributed by atoms with Gasteiger partial charge in [-0.05, 0) is 68.3 Å². The molecular weight excluding hydrogens is 596 g/mol. The van der Waals surface area contributed by atoms with E-state index in [0.29, 0.717) is 35.7 Å². The maximum absolute atomic E-state index is 14.3. The zero-order valence-electron chi connectivity index (χ0n) is 23.2. The first-order chi connectivity index (χ1) is 20.1. The van der Waals surface area contributed by atoms with E-state index in [-0.39, 0.29) is 38.2 Å². The summed E-state index contributed by atoms with van der Waals surface area (Å²) in [7, 11) is -8.51. The van der Waals surface area contributed by atoms with Crippen molar-refractivity contribution < 1.29 is 21.6 Å². The first kappa shape index (κ1) is 30.0. The molecule has 12 heteroatoms. The second-order valence-electron chi connectivity index (χ2n) is 9.91. The smallest absolute Gasteiger partial charge is 0.263 e. The summed E-state index contributed by atoms with van der Waals surface area (Å²) in [6.07, 6.45) is 2.42. The average molecular weight is 627 g/mol. The Labute approximate surface area is 250 Å². The standard InChI is InChI=1S/C30H31ClN4O5S2/c1-3-4-19-40-20-7-18-35-29-27(32-25-8-5-6-9-26(25)33-29)28(41(36,37)23-14-10-21(2)11-15-23)30(35)34-42(38,39)24-16-12-22(31)13-17-24/h5-6,8-17,34H,3-4,7,18-20H2,1-2H3. The number of anilines is 1. The van der Waals surface area contributed by atoms with Crippen LogP contribution in [0.15, 0.2) is 87.5 Å². The molecule has 0 aliphatic carbocycles. The number of unbranched alkanes of at least 4 members (excludes halogenated alkanes) is 1. The molecule has 220 valence electrons. The van der Waals surface area contributed by atoms with Crippen molar-refractivity contribution in [1.82, 2.24) is 14.5 Å². The highest BCUT2D eigenvalue weighted by atomic mass is 35.5. The number of sulfonamides is 1. The zero-order chi connectivity index (χ0) is 29.9. The number of sulfone groups is 1. The molecule has 9 nitrogen and oxygen atoms in total. The Morgan fingerprint density at radius 3 is 2.12 bits per heavy atom. The van der Waals surface area contributed by atoms with Crippen LogP contribution in [-0.2, 0) is 31.1 Å². The molecule has 0 aliphatic heterocycles. The van der Waals surface area contributed by atoms with Crippen LogP contribution in [0.5, 0.6) is 0 Å². The summed E-state index contributed by atoms with van der Waals surface area (Å²) in [6.45, 7) is 5.18. The number of benzene rings is 3. The Bertz CT molecular complexity index is 1940. The minimum Gasteiger partial charge on any atom is -0.381 e. The fraction of sp³-hybridized carbons (Fsp3) is 0.267. The Balaban J connectivity index is 1.74. The summed E-state index contributed by atoms with van der Waals surface area (Å²) in [5, 5.41) is 0.369. The van der Waals surface area contributed by atoms with Crippen LogP contribution in [0.3, 0.4) is 0 Å². The number of hydrogen-bond donors (Lipinski definition) is 1. The van der Waals surface area contributed by atoms with Gasteiger partial charge in [-0.15, -0.1) is 0 Å². The van der Waals surface area contributed by atoms with Crippen LogP contribution in [0.1, 0.15) is 31.7 Å². The number of nitrogens with zero attached hydrogens (tertiary/aromatic N) is 3. The molecule has 5 aromatic rings. The summed E-state index contributed by atoms with van der Waals surface area (Å²) >= 11 is 5.99. The van der Waals surface area contributed by atoms with Gasteiger partial charge in [0.05, 0.1) is 20.8 Å². The normalized spacial score (nSPS) is 12.3. The van der Waals surface area contributed by atoms with Crippen molar-refractivity contribution in [2.75, 3.05) is 17.9 Å². The molecule has 0 fully saturated rings. The number of halogens is 1. The van der Waals surface area contributed by atoms with Crippen LogP contribution in [-0.4, -0.2) is 44.6 Å². The van der Waals surface area contributed by atoms with Gasteiger partial charge in [-0.25, -0.2) is 26.8 Å². The first-order valence-electron chi connectivity index (χ1n) is 13.6. The van der Waals surface area contributed by atoms with Gasteiger partial charge >= 0.3 is 0 Å². The first-order valence-corrected chi connectivity index (χ1v) is 16.9. The SMILES string of the molecule is CCCCOCCCn1c(NS(=O)(=O)c2ccc(Cl)cc2)c(S(=O)(=O)c2ccc(C)cc2)c2nc3ccccc3nc21. The maximum Gasteiger partial charge on any atom is 0.263 e. The lowest BCUT2D eigenvalue weighted by atomic mass is 10.2. The highest BCUT2D eigenvalue weighted by Crippen LogP contribution is 2.38. The second-order valence-corrected chi connectivity index (χ2v) is 13.9. The molecule has 42 heavy (non-hydrogen) atoms. The largest absolute Gasteiger partial charge is 0.381 e. The fourth-order valence-corrected chi connectivity index (χ4v) is 7.36. The van der Waals surface area contributed by atoms with Gasteiger partial charge in [-0.1, -0.05) is 54.8 Å². The molecule has 0 radical (unpaired) electrons. The Morgan fingerprint density at radius 2 is 1.45 bits per heavy atom. The van der Waals surface area contributed by atoms with E-state index < -0.39 is 19.9 Å². The van der Waals surface area contributed by atoms with Crippen molar-refractivity contribution in [2.24, 2.45) is 0 Å². The molecule has 2 heterocycles. The van der Waals surface area contributed by atoms with Crippen LogP contribution in [0.2, 0.25) is 5.02 Å². The lowest BCUT2D eigenvalue weighted by molar-refractivity contribution is 0.126. The van der Waals surface area contributed by atoms with E-state index >= 15 is 0 Å². The fourth-order valence-electron chi connectivity index (χ4n) is 4.55. The highest BCUT2D eigenvalue weighted by Gasteiger charge is 2.33. The van der Waals surface area contributed by atoms with Gasteiger partial charge in [0, 0.05) is 24.8 Å². The topological polar surface area (TPSA) is 120 Å². The molecular formula is C30H31ClN4O5S2. The Morgan fingerprint density at radius 1 is 0.833 bits per heavy atom. The molecule has 0 saturated heterocycles. The van der Waals surface area contributed by atoms with Crippen LogP contribution in [0.4, 0.5) is 5.82 Å². The molecule has 3 aromatic carbocycles. The summed E-state index contributed by atoms with van der Waals surface area (Å²) in [5.74, 6) is -0.135. The zero-order valence-corrected chi connectivity index (χ0v) is 25.6. The highest BCUT2D eigenvalue weighted by molar-refractivity contribution is 7.93. The van der Waals surface area contributed by atoms with Gasteiger partial charge in [0.2, 0.25) is 9.84 Å². The third-order valence-electron chi connectivity index (χ3n) is 6.78. The van der Waals surface area contributed by atoms with Gasteiger partial charge in [0.25, 0.3) is 10.0 Å².